The molecule has 0 spiro atoms. The number of benzene rings is 1. The fraction of sp³-hybridized carbons (Fsp3) is 0.542. The van der Waals surface area contributed by atoms with E-state index in [9.17, 15) is 13.5 Å². The Labute approximate surface area is 206 Å². The van der Waals surface area contributed by atoms with Gasteiger partial charge in [0, 0.05) is 31.9 Å². The number of aliphatic hydroxyl groups is 1. The number of nitrogens with one attached hydrogen (secondary N) is 2. The SMILES string of the molecule is CCCCN(C)S(=O)(=O)c1ccc(Nc2nc(NC3CCC(O)CC3)nc3c2ncn3CC)cc1. The summed E-state index contributed by atoms with van der Waals surface area (Å²) in [4.78, 5) is 14.2. The molecule has 0 aliphatic heterocycles. The molecule has 1 aliphatic carbocycles. The number of aliphatic hydroxyl groups excluding tert-OH is 1. The van der Waals surface area contributed by atoms with Gasteiger partial charge in [0.25, 0.3) is 0 Å². The Morgan fingerprint density at radius 1 is 1.11 bits per heavy atom. The quantitative estimate of drug-likeness (QED) is 0.384. The molecule has 0 bridgehead atoms. The van der Waals surface area contributed by atoms with Gasteiger partial charge in [-0.1, -0.05) is 13.3 Å². The maximum atomic E-state index is 12.8. The van der Waals surface area contributed by atoms with E-state index in [1.807, 2.05) is 18.4 Å². The number of hydrogen-bond donors (Lipinski definition) is 3. The molecule has 3 aromatic rings. The molecule has 0 atom stereocenters. The number of fused-ring (bicyclic) bond motifs is 1. The van der Waals surface area contributed by atoms with Crippen LogP contribution in [0.15, 0.2) is 35.5 Å². The van der Waals surface area contributed by atoms with Crippen molar-refractivity contribution in [1.82, 2.24) is 23.8 Å². The van der Waals surface area contributed by atoms with Crippen LogP contribution in [0.5, 0.6) is 0 Å². The minimum absolute atomic E-state index is 0.205. The summed E-state index contributed by atoms with van der Waals surface area (Å²) >= 11 is 0. The largest absolute Gasteiger partial charge is 0.393 e. The average molecular weight is 502 g/mol. The Hall–Kier alpha value is -2.76. The van der Waals surface area contributed by atoms with Crippen LogP contribution < -0.4 is 10.6 Å². The summed E-state index contributed by atoms with van der Waals surface area (Å²) in [6.45, 7) is 5.28. The van der Waals surface area contributed by atoms with Gasteiger partial charge in [0.05, 0.1) is 17.3 Å². The van der Waals surface area contributed by atoms with Gasteiger partial charge in [-0.2, -0.15) is 9.97 Å². The molecule has 4 rings (SSSR count). The molecule has 0 saturated heterocycles. The molecule has 3 N–H and O–H groups in total. The standard InChI is InChI=1S/C24H35N7O3S/c1-4-6-15-30(3)35(33,34)20-13-9-17(10-14-20)26-22-21-23(31(5-2)16-25-21)29-24(28-22)27-18-7-11-19(32)12-8-18/h9-10,13-14,16,18-19,32H,4-8,11-12,15H2,1-3H3,(H2,26,27,28,29). The van der Waals surface area contributed by atoms with Crippen molar-refractivity contribution in [1.29, 1.82) is 0 Å². The van der Waals surface area contributed by atoms with Crippen molar-refractivity contribution in [2.75, 3.05) is 24.2 Å². The number of sulfonamides is 1. The molecule has 1 fully saturated rings. The smallest absolute Gasteiger partial charge is 0.242 e. The number of unbranched alkanes of at least 4 members (excludes halogenated alkanes) is 1. The van der Waals surface area contributed by atoms with Gasteiger partial charge in [-0.05, 0) is 63.3 Å². The monoisotopic (exact) mass is 501 g/mol. The predicted octanol–water partition coefficient (Wildman–Crippen LogP) is 3.73. The van der Waals surface area contributed by atoms with Gasteiger partial charge in [-0.25, -0.2) is 17.7 Å². The second-order valence-electron chi connectivity index (χ2n) is 9.08. The predicted molar refractivity (Wildman–Crippen MR) is 137 cm³/mol. The molecule has 0 amide bonds. The first-order valence-electron chi connectivity index (χ1n) is 12.3. The number of imidazole rings is 1. The lowest BCUT2D eigenvalue weighted by Gasteiger charge is -2.26. The third-order valence-corrected chi connectivity index (χ3v) is 8.36. The lowest BCUT2D eigenvalue weighted by Crippen LogP contribution is -2.29. The molecular formula is C24H35N7O3S. The Balaban J connectivity index is 1.58. The highest BCUT2D eigenvalue weighted by atomic mass is 32.2. The summed E-state index contributed by atoms with van der Waals surface area (Å²) < 4.78 is 29.0. The second kappa shape index (κ2) is 10.9. The lowest BCUT2D eigenvalue weighted by atomic mass is 9.93. The molecule has 35 heavy (non-hydrogen) atoms. The lowest BCUT2D eigenvalue weighted by molar-refractivity contribution is 0.126. The average Bonchev–Trinajstić information content (AvgIpc) is 3.27. The number of rotatable bonds is 10. The molecule has 10 nitrogen and oxygen atoms in total. The molecule has 2 aromatic heterocycles. The van der Waals surface area contributed by atoms with Crippen molar-refractivity contribution in [3.63, 3.8) is 0 Å². The molecule has 0 radical (unpaired) electrons. The minimum atomic E-state index is -3.53. The van der Waals surface area contributed by atoms with Crippen LogP contribution in [0.1, 0.15) is 52.4 Å². The first-order valence-corrected chi connectivity index (χ1v) is 13.8. The van der Waals surface area contributed by atoms with Gasteiger partial charge < -0.3 is 20.3 Å². The second-order valence-corrected chi connectivity index (χ2v) is 11.1. The zero-order valence-corrected chi connectivity index (χ0v) is 21.4. The molecule has 0 unspecified atom stereocenters. The molecule has 1 aliphatic rings. The maximum absolute atomic E-state index is 12.8. The van der Waals surface area contributed by atoms with E-state index in [0.29, 0.717) is 29.5 Å². The number of anilines is 3. The Morgan fingerprint density at radius 3 is 2.49 bits per heavy atom. The van der Waals surface area contributed by atoms with Crippen LogP contribution in [0, 0.1) is 0 Å². The molecule has 2 heterocycles. The van der Waals surface area contributed by atoms with Crippen molar-refractivity contribution in [2.24, 2.45) is 0 Å². The fourth-order valence-electron chi connectivity index (χ4n) is 4.26. The number of hydrogen-bond acceptors (Lipinski definition) is 8. The summed E-state index contributed by atoms with van der Waals surface area (Å²) in [6.07, 6.45) is 6.52. The maximum Gasteiger partial charge on any atom is 0.242 e. The highest BCUT2D eigenvalue weighted by Crippen LogP contribution is 2.27. The van der Waals surface area contributed by atoms with Crippen LogP contribution >= 0.6 is 0 Å². The number of nitrogens with zero attached hydrogens (tertiary/aromatic N) is 5. The molecule has 1 saturated carbocycles. The first kappa shape index (κ1) is 25.3. The normalized spacial score (nSPS) is 18.8. The van der Waals surface area contributed by atoms with Crippen LogP contribution in [-0.2, 0) is 16.6 Å². The van der Waals surface area contributed by atoms with Crippen LogP contribution in [0.3, 0.4) is 0 Å². The Kier molecular flexibility index (Phi) is 7.88. The Morgan fingerprint density at radius 2 is 1.83 bits per heavy atom. The molecule has 1 aromatic carbocycles. The zero-order chi connectivity index (χ0) is 25.0. The zero-order valence-electron chi connectivity index (χ0n) is 20.6. The van der Waals surface area contributed by atoms with Crippen molar-refractivity contribution in [3.8, 4) is 0 Å². The third-order valence-electron chi connectivity index (χ3n) is 6.49. The molecule has 11 heteroatoms. The highest BCUT2D eigenvalue weighted by molar-refractivity contribution is 7.89. The van der Waals surface area contributed by atoms with E-state index in [-0.39, 0.29) is 17.0 Å². The molecule has 190 valence electrons. The summed E-state index contributed by atoms with van der Waals surface area (Å²) in [5.41, 5.74) is 2.07. The summed E-state index contributed by atoms with van der Waals surface area (Å²) in [7, 11) is -1.91. The van der Waals surface area contributed by atoms with Crippen LogP contribution in [-0.4, -0.2) is 63.1 Å². The van der Waals surface area contributed by atoms with Crippen molar-refractivity contribution in [3.05, 3.63) is 30.6 Å². The highest BCUT2D eigenvalue weighted by Gasteiger charge is 2.22. The van der Waals surface area contributed by atoms with E-state index >= 15 is 0 Å². The van der Waals surface area contributed by atoms with Gasteiger partial charge in [0.1, 0.15) is 0 Å². The van der Waals surface area contributed by atoms with Gasteiger partial charge in [-0.3, -0.25) is 0 Å². The van der Waals surface area contributed by atoms with Crippen LogP contribution in [0.4, 0.5) is 17.5 Å². The van der Waals surface area contributed by atoms with Crippen molar-refractivity contribution >= 4 is 38.6 Å². The topological polar surface area (TPSA) is 125 Å². The van der Waals surface area contributed by atoms with E-state index in [4.69, 9.17) is 9.97 Å². The van der Waals surface area contributed by atoms with Gasteiger partial charge in [0.15, 0.2) is 17.0 Å². The summed E-state index contributed by atoms with van der Waals surface area (Å²) in [5, 5.41) is 16.5. The van der Waals surface area contributed by atoms with E-state index < -0.39 is 10.0 Å². The van der Waals surface area contributed by atoms with Crippen LogP contribution in [0.25, 0.3) is 11.2 Å². The van der Waals surface area contributed by atoms with Gasteiger partial charge >= 0.3 is 0 Å². The van der Waals surface area contributed by atoms with Crippen molar-refractivity contribution in [2.45, 2.75) is 76.0 Å². The molecular weight excluding hydrogens is 466 g/mol. The first-order chi connectivity index (χ1) is 16.8. The van der Waals surface area contributed by atoms with Gasteiger partial charge in [0.2, 0.25) is 16.0 Å². The van der Waals surface area contributed by atoms with E-state index in [1.165, 1.54) is 4.31 Å². The Bertz CT molecular complexity index is 1240. The van der Waals surface area contributed by atoms with Crippen LogP contribution in [0.2, 0.25) is 0 Å². The van der Waals surface area contributed by atoms with E-state index in [1.54, 1.807) is 37.6 Å². The minimum Gasteiger partial charge on any atom is -0.393 e. The number of aromatic nitrogens is 4. The van der Waals surface area contributed by atoms with Gasteiger partial charge in [-0.15, -0.1) is 0 Å². The van der Waals surface area contributed by atoms with E-state index in [2.05, 4.69) is 15.6 Å². The summed E-state index contributed by atoms with van der Waals surface area (Å²) in [5.74, 6) is 1.06. The van der Waals surface area contributed by atoms with E-state index in [0.717, 1.165) is 50.7 Å². The fourth-order valence-corrected chi connectivity index (χ4v) is 5.47. The van der Waals surface area contributed by atoms with Crippen molar-refractivity contribution < 1.29 is 13.5 Å². The third kappa shape index (κ3) is 5.74. The summed E-state index contributed by atoms with van der Waals surface area (Å²) in [6, 6.07) is 6.89. The number of aryl methyl sites for hydroxylation is 1.